The van der Waals surface area contributed by atoms with Gasteiger partial charge >= 0.3 is 0 Å². The van der Waals surface area contributed by atoms with Gasteiger partial charge in [-0.05, 0) is 23.8 Å². The van der Waals surface area contributed by atoms with Gasteiger partial charge in [-0.1, -0.05) is 37.3 Å². The molecule has 1 aliphatic carbocycles. The number of anilines is 1. The molecule has 1 spiro atoms. The van der Waals surface area contributed by atoms with Crippen LogP contribution >= 0.6 is 0 Å². The van der Waals surface area contributed by atoms with Crippen LogP contribution in [0.1, 0.15) is 24.1 Å². The smallest absolute Gasteiger partial charge is 0.187 e. The van der Waals surface area contributed by atoms with Crippen LogP contribution in [-0.2, 0) is 6.42 Å². The van der Waals surface area contributed by atoms with E-state index in [0.717, 1.165) is 5.56 Å². The first-order valence-electron chi connectivity index (χ1n) is 8.71. The first-order valence-corrected chi connectivity index (χ1v) is 8.71. The zero-order valence-corrected chi connectivity index (χ0v) is 14.1. The van der Waals surface area contributed by atoms with Crippen LogP contribution in [0.5, 0.6) is 0 Å². The maximum absolute atomic E-state index is 14.6. The van der Waals surface area contributed by atoms with E-state index in [2.05, 4.69) is 9.97 Å². The minimum atomic E-state index is -0.630. The largest absolute Gasteiger partial charge is 0.396 e. The number of aryl methyl sites for hydroxylation is 1. The fourth-order valence-electron chi connectivity index (χ4n) is 4.59. The average molecular weight is 343 g/mol. The Morgan fingerprint density at radius 2 is 2.04 bits per heavy atom. The summed E-state index contributed by atoms with van der Waals surface area (Å²) in [6.45, 7) is 2.66. The number of aliphatic hydroxyl groups is 2. The summed E-state index contributed by atoms with van der Waals surface area (Å²) in [4.78, 5) is 9.89. The van der Waals surface area contributed by atoms with E-state index in [1.54, 1.807) is 4.90 Å². The highest BCUT2D eigenvalue weighted by Gasteiger charge is 2.71. The van der Waals surface area contributed by atoms with Gasteiger partial charge in [0.2, 0.25) is 0 Å². The van der Waals surface area contributed by atoms with Crippen molar-refractivity contribution in [1.82, 2.24) is 9.97 Å². The van der Waals surface area contributed by atoms with Crippen molar-refractivity contribution in [2.75, 3.05) is 24.6 Å². The van der Waals surface area contributed by atoms with Gasteiger partial charge < -0.3 is 15.1 Å². The van der Waals surface area contributed by atoms with Crippen molar-refractivity contribution in [3.63, 3.8) is 0 Å². The minimum absolute atomic E-state index is 0.0108. The summed E-state index contributed by atoms with van der Waals surface area (Å²) < 4.78 is 14.6. The van der Waals surface area contributed by atoms with Crippen LogP contribution in [-0.4, -0.2) is 46.0 Å². The molecule has 6 heteroatoms. The molecular weight excluding hydrogens is 321 g/mol. The monoisotopic (exact) mass is 343 g/mol. The average Bonchev–Trinajstić information content (AvgIpc) is 3.18. The molecule has 2 heterocycles. The van der Waals surface area contributed by atoms with Crippen molar-refractivity contribution < 1.29 is 14.6 Å². The molecule has 4 rings (SSSR count). The SMILES string of the molecule is CCc1ncnc(N2C[C@H](O)[C@@]3(C2)[C@H](CO)[C@H]3c2ccccc2)c1F. The van der Waals surface area contributed by atoms with Crippen LogP contribution in [0, 0.1) is 17.2 Å². The van der Waals surface area contributed by atoms with Crippen LogP contribution in [0.3, 0.4) is 0 Å². The molecule has 0 bridgehead atoms. The second-order valence-electron chi connectivity index (χ2n) is 7.00. The van der Waals surface area contributed by atoms with Crippen molar-refractivity contribution >= 4 is 5.82 Å². The van der Waals surface area contributed by atoms with Crippen molar-refractivity contribution in [3.05, 3.63) is 53.7 Å². The second kappa shape index (κ2) is 6.04. The zero-order valence-electron chi connectivity index (χ0n) is 14.1. The maximum Gasteiger partial charge on any atom is 0.187 e. The van der Waals surface area contributed by atoms with Crippen LogP contribution in [0.15, 0.2) is 36.7 Å². The Kier molecular flexibility index (Phi) is 3.96. The molecule has 2 fully saturated rings. The summed E-state index contributed by atoms with van der Waals surface area (Å²) in [7, 11) is 0. The Labute approximate surface area is 146 Å². The summed E-state index contributed by atoms with van der Waals surface area (Å²) in [5.41, 5.74) is 1.05. The van der Waals surface area contributed by atoms with Crippen molar-refractivity contribution in [2.24, 2.45) is 11.3 Å². The highest BCUT2D eigenvalue weighted by Crippen LogP contribution is 2.68. The second-order valence-corrected chi connectivity index (χ2v) is 7.00. The normalized spacial score (nSPS) is 30.9. The van der Waals surface area contributed by atoms with Gasteiger partial charge in [0.05, 0.1) is 11.8 Å². The number of β-amino-alcohol motifs (C(OH)–C–C–N with tert-alkyl or cyclic N) is 1. The van der Waals surface area contributed by atoms with E-state index in [1.165, 1.54) is 6.33 Å². The summed E-state index contributed by atoms with van der Waals surface area (Å²) in [6.07, 6.45) is 1.24. The Balaban J connectivity index is 1.66. The lowest BCUT2D eigenvalue weighted by molar-refractivity contribution is 0.113. The molecule has 25 heavy (non-hydrogen) atoms. The van der Waals surface area contributed by atoms with Crippen LogP contribution in [0.2, 0.25) is 0 Å². The molecule has 132 valence electrons. The number of hydrogen-bond acceptors (Lipinski definition) is 5. The molecule has 2 aromatic rings. The lowest BCUT2D eigenvalue weighted by atomic mass is 9.95. The van der Waals surface area contributed by atoms with Crippen molar-refractivity contribution in [2.45, 2.75) is 25.4 Å². The fourth-order valence-corrected chi connectivity index (χ4v) is 4.59. The Bertz CT molecular complexity index is 773. The molecule has 2 N–H and O–H groups in total. The first-order chi connectivity index (χ1) is 12.1. The molecule has 2 aliphatic rings. The third kappa shape index (κ3) is 2.35. The van der Waals surface area contributed by atoms with Gasteiger partial charge in [-0.2, -0.15) is 0 Å². The van der Waals surface area contributed by atoms with Gasteiger partial charge in [-0.25, -0.2) is 14.4 Å². The zero-order chi connectivity index (χ0) is 17.6. The van der Waals surface area contributed by atoms with Gasteiger partial charge in [0.1, 0.15) is 6.33 Å². The number of nitrogens with zero attached hydrogens (tertiary/aromatic N) is 3. The first kappa shape index (κ1) is 16.4. The lowest BCUT2D eigenvalue weighted by Crippen LogP contribution is -2.24. The molecular formula is C19H22FN3O2. The van der Waals surface area contributed by atoms with Gasteiger partial charge in [0, 0.05) is 25.1 Å². The maximum atomic E-state index is 14.6. The standard InChI is InChI=1S/C19H22FN3O2/c1-2-14-17(20)18(22-11-21-14)23-8-15(25)19(10-23)13(9-24)16(19)12-6-4-3-5-7-12/h3-7,11,13,15-16,24-25H,2,8-10H2,1H3/t13-,15+,16-,19-/m1/s1. The molecule has 0 radical (unpaired) electrons. The summed E-state index contributed by atoms with van der Waals surface area (Å²) in [5.74, 6) is -0.107. The number of halogens is 1. The Hall–Kier alpha value is -2.05. The highest BCUT2D eigenvalue weighted by molar-refractivity contribution is 5.48. The number of aromatic nitrogens is 2. The topological polar surface area (TPSA) is 69.5 Å². The molecule has 5 nitrogen and oxygen atoms in total. The molecule has 1 saturated carbocycles. The Morgan fingerprint density at radius 3 is 2.72 bits per heavy atom. The van der Waals surface area contributed by atoms with E-state index in [9.17, 15) is 14.6 Å². The van der Waals surface area contributed by atoms with Crippen LogP contribution in [0.25, 0.3) is 0 Å². The molecule has 0 unspecified atom stereocenters. The number of hydrogen-bond donors (Lipinski definition) is 2. The van der Waals surface area contributed by atoms with E-state index in [1.807, 2.05) is 37.3 Å². The molecule has 1 aliphatic heterocycles. The van der Waals surface area contributed by atoms with Crippen LogP contribution < -0.4 is 4.90 Å². The molecule has 1 aromatic heterocycles. The number of rotatable bonds is 4. The predicted octanol–water partition coefficient (Wildman–Crippen LogP) is 1.75. The van der Waals surface area contributed by atoms with E-state index in [-0.39, 0.29) is 24.3 Å². The third-order valence-corrected chi connectivity index (χ3v) is 5.87. The summed E-state index contributed by atoms with van der Waals surface area (Å²) >= 11 is 0. The fraction of sp³-hybridized carbons (Fsp3) is 0.474. The van der Waals surface area contributed by atoms with E-state index < -0.39 is 17.3 Å². The number of benzene rings is 1. The highest BCUT2D eigenvalue weighted by atomic mass is 19.1. The lowest BCUT2D eigenvalue weighted by Gasteiger charge is -2.18. The molecule has 4 atom stereocenters. The van der Waals surface area contributed by atoms with Crippen molar-refractivity contribution in [3.8, 4) is 0 Å². The number of aliphatic hydroxyl groups excluding tert-OH is 2. The summed E-state index contributed by atoms with van der Waals surface area (Å²) in [5, 5.41) is 20.6. The quantitative estimate of drug-likeness (QED) is 0.885. The molecule has 1 aromatic carbocycles. The van der Waals surface area contributed by atoms with E-state index in [0.29, 0.717) is 25.2 Å². The minimum Gasteiger partial charge on any atom is -0.396 e. The van der Waals surface area contributed by atoms with Crippen molar-refractivity contribution in [1.29, 1.82) is 0 Å². The predicted molar refractivity (Wildman–Crippen MR) is 91.8 cm³/mol. The summed E-state index contributed by atoms with van der Waals surface area (Å²) in [6, 6.07) is 9.93. The third-order valence-electron chi connectivity index (χ3n) is 5.87. The van der Waals surface area contributed by atoms with Gasteiger partial charge in [0.15, 0.2) is 11.6 Å². The Morgan fingerprint density at radius 1 is 1.28 bits per heavy atom. The van der Waals surface area contributed by atoms with E-state index in [4.69, 9.17) is 0 Å². The molecule has 0 amide bonds. The molecule has 1 saturated heterocycles. The van der Waals surface area contributed by atoms with E-state index >= 15 is 0 Å². The van der Waals surface area contributed by atoms with Crippen LogP contribution in [0.4, 0.5) is 10.2 Å². The van der Waals surface area contributed by atoms with Gasteiger partial charge in [0.25, 0.3) is 0 Å². The van der Waals surface area contributed by atoms with Gasteiger partial charge in [-0.3, -0.25) is 0 Å². The van der Waals surface area contributed by atoms with Gasteiger partial charge in [-0.15, -0.1) is 0 Å².